The summed E-state index contributed by atoms with van der Waals surface area (Å²) in [6.07, 6.45) is 0. The molecule has 0 atom stereocenters. The summed E-state index contributed by atoms with van der Waals surface area (Å²) in [5.74, 6) is 0.873. The lowest BCUT2D eigenvalue weighted by molar-refractivity contribution is 0.0730. The van der Waals surface area contributed by atoms with E-state index in [4.69, 9.17) is 9.26 Å². The Bertz CT molecular complexity index is 944. The van der Waals surface area contributed by atoms with E-state index in [0.717, 1.165) is 5.56 Å². The minimum absolute atomic E-state index is 0.250. The number of ether oxygens (including phenoxy) is 1. The van der Waals surface area contributed by atoms with Crippen molar-refractivity contribution in [1.29, 1.82) is 0 Å². The molecule has 3 aromatic rings. The Labute approximate surface area is 148 Å². The van der Waals surface area contributed by atoms with Gasteiger partial charge in [-0.3, -0.25) is 0 Å². The molecule has 4 rings (SSSR count). The smallest absolute Gasteiger partial charge is 0.259 e. The zero-order chi connectivity index (χ0) is 17.3. The Hall–Kier alpha value is -2.07. The van der Waals surface area contributed by atoms with Crippen molar-refractivity contribution in [2.75, 3.05) is 26.3 Å². The van der Waals surface area contributed by atoms with Crippen LogP contribution in [0.5, 0.6) is 0 Å². The predicted octanol–water partition coefficient (Wildman–Crippen LogP) is 2.49. The Morgan fingerprint density at radius 1 is 1.04 bits per heavy atom. The van der Waals surface area contributed by atoms with E-state index in [2.05, 4.69) is 10.1 Å². The van der Waals surface area contributed by atoms with Gasteiger partial charge in [-0.25, -0.2) is 8.42 Å². The van der Waals surface area contributed by atoms with Gasteiger partial charge in [0.05, 0.1) is 23.7 Å². The number of morpholine rings is 1. The van der Waals surface area contributed by atoms with Gasteiger partial charge < -0.3 is 9.26 Å². The van der Waals surface area contributed by atoms with E-state index in [0.29, 0.717) is 43.6 Å². The molecule has 0 N–H and O–H groups in total. The molecular formula is C16H15N3O4S2. The first-order chi connectivity index (χ1) is 12.1. The van der Waals surface area contributed by atoms with Crippen LogP contribution in [0.4, 0.5) is 0 Å². The molecule has 3 heterocycles. The number of sulfonamides is 1. The summed E-state index contributed by atoms with van der Waals surface area (Å²) in [6, 6.07) is 8.42. The van der Waals surface area contributed by atoms with Crippen molar-refractivity contribution in [2.45, 2.75) is 4.90 Å². The highest BCUT2D eigenvalue weighted by Gasteiger charge is 2.26. The second kappa shape index (κ2) is 6.68. The summed E-state index contributed by atoms with van der Waals surface area (Å²) in [5, 5.41) is 7.83. The van der Waals surface area contributed by atoms with Crippen molar-refractivity contribution in [3.8, 4) is 22.8 Å². The van der Waals surface area contributed by atoms with Crippen LogP contribution in [0.25, 0.3) is 22.8 Å². The van der Waals surface area contributed by atoms with Gasteiger partial charge in [-0.15, -0.1) is 0 Å². The highest BCUT2D eigenvalue weighted by molar-refractivity contribution is 7.89. The summed E-state index contributed by atoms with van der Waals surface area (Å²) in [7, 11) is -3.50. The highest BCUT2D eigenvalue weighted by Crippen LogP contribution is 2.25. The zero-order valence-corrected chi connectivity index (χ0v) is 14.8. The first-order valence-electron chi connectivity index (χ1n) is 7.69. The van der Waals surface area contributed by atoms with Gasteiger partial charge >= 0.3 is 0 Å². The Kier molecular flexibility index (Phi) is 4.38. The van der Waals surface area contributed by atoms with Crippen molar-refractivity contribution in [1.82, 2.24) is 14.4 Å². The number of aromatic nitrogens is 2. The molecule has 0 saturated carbocycles. The van der Waals surface area contributed by atoms with Crippen LogP contribution in [0.2, 0.25) is 0 Å². The van der Waals surface area contributed by atoms with Crippen molar-refractivity contribution >= 4 is 21.4 Å². The molecule has 0 bridgehead atoms. The molecule has 0 aliphatic carbocycles. The third kappa shape index (κ3) is 3.23. The van der Waals surface area contributed by atoms with Gasteiger partial charge in [0.25, 0.3) is 5.89 Å². The van der Waals surface area contributed by atoms with E-state index in [1.165, 1.54) is 4.31 Å². The summed E-state index contributed by atoms with van der Waals surface area (Å²) < 4.78 is 37.1. The monoisotopic (exact) mass is 377 g/mol. The van der Waals surface area contributed by atoms with Gasteiger partial charge in [0.1, 0.15) is 0 Å². The van der Waals surface area contributed by atoms with Crippen LogP contribution < -0.4 is 0 Å². The second-order valence-corrected chi connectivity index (χ2v) is 8.19. The van der Waals surface area contributed by atoms with E-state index in [9.17, 15) is 8.42 Å². The molecule has 1 aromatic carbocycles. The van der Waals surface area contributed by atoms with Gasteiger partial charge in [0.15, 0.2) is 0 Å². The fraction of sp³-hybridized carbons (Fsp3) is 0.250. The summed E-state index contributed by atoms with van der Waals surface area (Å²) >= 11 is 1.55. The van der Waals surface area contributed by atoms with E-state index >= 15 is 0 Å². The first-order valence-corrected chi connectivity index (χ1v) is 10.1. The first kappa shape index (κ1) is 16.4. The molecule has 0 radical (unpaired) electrons. The molecule has 0 amide bonds. The molecule has 9 heteroatoms. The topological polar surface area (TPSA) is 85.5 Å². The lowest BCUT2D eigenvalue weighted by Gasteiger charge is -2.26. The molecular weight excluding hydrogens is 362 g/mol. The maximum Gasteiger partial charge on any atom is 0.259 e. The van der Waals surface area contributed by atoms with E-state index < -0.39 is 10.0 Å². The van der Waals surface area contributed by atoms with Crippen LogP contribution in [0.15, 0.2) is 50.5 Å². The number of hydrogen-bond donors (Lipinski definition) is 0. The van der Waals surface area contributed by atoms with Crippen LogP contribution in [-0.4, -0.2) is 49.2 Å². The molecule has 2 aromatic heterocycles. The number of rotatable bonds is 4. The number of thiophene rings is 1. The van der Waals surface area contributed by atoms with Gasteiger partial charge in [0.2, 0.25) is 15.8 Å². The molecule has 1 fully saturated rings. The third-order valence-corrected chi connectivity index (χ3v) is 6.51. The fourth-order valence-corrected chi connectivity index (χ4v) is 4.59. The van der Waals surface area contributed by atoms with Crippen molar-refractivity contribution in [3.05, 3.63) is 41.1 Å². The van der Waals surface area contributed by atoms with Crippen molar-refractivity contribution in [3.63, 3.8) is 0 Å². The maximum absolute atomic E-state index is 12.6. The quantitative estimate of drug-likeness (QED) is 0.694. The largest absolute Gasteiger partial charge is 0.379 e. The SMILES string of the molecule is O=S(=O)(c1ccc(-c2noc(-c3ccsc3)n2)cc1)N1CCOCC1. The molecule has 25 heavy (non-hydrogen) atoms. The molecule has 1 aliphatic heterocycles. The van der Waals surface area contributed by atoms with Crippen LogP contribution >= 0.6 is 11.3 Å². The maximum atomic E-state index is 12.6. The van der Waals surface area contributed by atoms with Crippen LogP contribution in [0.3, 0.4) is 0 Å². The number of benzene rings is 1. The summed E-state index contributed by atoms with van der Waals surface area (Å²) in [6.45, 7) is 1.59. The minimum atomic E-state index is -3.50. The van der Waals surface area contributed by atoms with E-state index in [1.807, 2.05) is 16.8 Å². The second-order valence-electron chi connectivity index (χ2n) is 5.48. The minimum Gasteiger partial charge on any atom is -0.379 e. The van der Waals surface area contributed by atoms with Gasteiger partial charge in [-0.2, -0.15) is 20.6 Å². The van der Waals surface area contributed by atoms with Crippen molar-refractivity contribution in [2.24, 2.45) is 0 Å². The Morgan fingerprint density at radius 3 is 2.48 bits per heavy atom. The van der Waals surface area contributed by atoms with Crippen LogP contribution in [0, 0.1) is 0 Å². The number of nitrogens with zero attached hydrogens (tertiary/aromatic N) is 3. The molecule has 0 unspecified atom stereocenters. The van der Waals surface area contributed by atoms with Gasteiger partial charge in [0, 0.05) is 24.0 Å². The zero-order valence-electron chi connectivity index (χ0n) is 13.2. The lowest BCUT2D eigenvalue weighted by Crippen LogP contribution is -2.40. The molecule has 7 nitrogen and oxygen atoms in total. The van der Waals surface area contributed by atoms with Gasteiger partial charge in [-0.05, 0) is 35.7 Å². The average Bonchev–Trinajstić information content (AvgIpc) is 3.34. The standard InChI is InChI=1S/C16H15N3O4S2/c20-25(21,19-6-8-22-9-7-19)14-3-1-12(2-4-14)15-17-16(23-18-15)13-5-10-24-11-13/h1-5,10-11H,6-9H2. The lowest BCUT2D eigenvalue weighted by atomic mass is 10.2. The third-order valence-electron chi connectivity index (χ3n) is 3.91. The number of hydrogen-bond acceptors (Lipinski definition) is 7. The summed E-state index contributed by atoms with van der Waals surface area (Å²) in [5.41, 5.74) is 1.57. The van der Waals surface area contributed by atoms with E-state index in [-0.39, 0.29) is 4.90 Å². The van der Waals surface area contributed by atoms with Crippen LogP contribution in [-0.2, 0) is 14.8 Å². The highest BCUT2D eigenvalue weighted by atomic mass is 32.2. The van der Waals surface area contributed by atoms with Gasteiger partial charge in [-0.1, -0.05) is 5.16 Å². The Balaban J connectivity index is 1.58. The Morgan fingerprint density at radius 2 is 1.80 bits per heavy atom. The van der Waals surface area contributed by atoms with Crippen molar-refractivity contribution < 1.29 is 17.7 Å². The molecule has 130 valence electrons. The molecule has 1 saturated heterocycles. The predicted molar refractivity (Wildman–Crippen MR) is 92.6 cm³/mol. The van der Waals surface area contributed by atoms with Crippen LogP contribution in [0.1, 0.15) is 0 Å². The average molecular weight is 377 g/mol. The summed E-state index contributed by atoms with van der Waals surface area (Å²) in [4.78, 5) is 4.61. The van der Waals surface area contributed by atoms with E-state index in [1.54, 1.807) is 35.6 Å². The fourth-order valence-electron chi connectivity index (χ4n) is 2.56. The molecule has 0 spiro atoms. The normalized spacial score (nSPS) is 16.2. The molecule has 1 aliphatic rings.